The number of nitrogens with zero attached hydrogens (tertiary/aromatic N) is 3. The number of aryl methyl sites for hydroxylation is 1. The topological polar surface area (TPSA) is 128 Å². The van der Waals surface area contributed by atoms with Crippen molar-refractivity contribution in [2.24, 2.45) is 0 Å². The van der Waals surface area contributed by atoms with E-state index in [4.69, 9.17) is 0 Å². The fourth-order valence-corrected chi connectivity index (χ4v) is 4.91. The van der Waals surface area contributed by atoms with Crippen LogP contribution in [-0.4, -0.2) is 58.8 Å². The Kier molecular flexibility index (Phi) is 9.91. The Morgan fingerprint density at radius 1 is 0.783 bits per heavy atom. The number of benzene rings is 3. The van der Waals surface area contributed by atoms with E-state index >= 15 is 0 Å². The molecule has 4 aromatic rings. The third kappa shape index (κ3) is 8.45. The maximum atomic E-state index is 13.0. The predicted molar refractivity (Wildman–Crippen MR) is 168 cm³/mol. The molecule has 0 unspecified atom stereocenters. The van der Waals surface area contributed by atoms with Gasteiger partial charge in [0.25, 0.3) is 17.7 Å². The molecule has 238 valence electrons. The number of anilines is 4. The summed E-state index contributed by atoms with van der Waals surface area (Å²) in [5.74, 6) is -1.10. The number of rotatable bonds is 10. The molecule has 1 aliphatic rings. The molecule has 5 rings (SSSR count). The van der Waals surface area contributed by atoms with Crippen LogP contribution in [0.1, 0.15) is 55.0 Å². The molecule has 3 aromatic carbocycles. The summed E-state index contributed by atoms with van der Waals surface area (Å²) in [7, 11) is 0. The Hall–Kier alpha value is -5.30. The average Bonchev–Trinajstić information content (AvgIpc) is 3.56. The van der Waals surface area contributed by atoms with Gasteiger partial charge in [0.15, 0.2) is 0 Å². The zero-order valence-electron chi connectivity index (χ0n) is 24.9. The highest BCUT2D eigenvalue weighted by Gasteiger charge is 2.31. The van der Waals surface area contributed by atoms with Crippen LogP contribution in [-0.2, 0) is 6.18 Å². The number of carbonyl (C=O) groups is 3. The number of halogens is 3. The number of hydrogen-bond acceptors (Lipinski definition) is 7. The Balaban J connectivity index is 1.15. The van der Waals surface area contributed by atoms with E-state index in [1.54, 1.807) is 43.3 Å². The molecule has 13 heteroatoms. The number of nitrogens with one attached hydrogen (secondary N) is 4. The first-order chi connectivity index (χ1) is 22.0. The number of likely N-dealkylation sites (tertiary alicyclic amines) is 1. The molecule has 4 N–H and O–H groups in total. The molecule has 3 amide bonds. The molecule has 1 aliphatic heterocycles. The number of alkyl halides is 3. The number of amides is 3. The Labute approximate surface area is 263 Å². The molecule has 0 spiro atoms. The van der Waals surface area contributed by atoms with E-state index in [2.05, 4.69) is 36.1 Å². The van der Waals surface area contributed by atoms with Crippen LogP contribution >= 0.6 is 0 Å². The molecule has 2 heterocycles. The predicted octanol–water partition coefficient (Wildman–Crippen LogP) is 5.88. The average molecular weight is 632 g/mol. The summed E-state index contributed by atoms with van der Waals surface area (Å²) < 4.78 is 39.1. The van der Waals surface area contributed by atoms with Crippen molar-refractivity contribution < 1.29 is 27.6 Å². The van der Waals surface area contributed by atoms with Crippen molar-refractivity contribution in [3.05, 3.63) is 107 Å². The van der Waals surface area contributed by atoms with Crippen LogP contribution in [0.25, 0.3) is 0 Å². The highest BCUT2D eigenvalue weighted by Crippen LogP contribution is 2.30. The molecular weight excluding hydrogens is 599 g/mol. The molecule has 46 heavy (non-hydrogen) atoms. The molecular formula is C33H32F3N7O3. The molecule has 10 nitrogen and oxygen atoms in total. The van der Waals surface area contributed by atoms with Gasteiger partial charge < -0.3 is 26.2 Å². The van der Waals surface area contributed by atoms with Gasteiger partial charge in [0, 0.05) is 41.2 Å². The van der Waals surface area contributed by atoms with Crippen LogP contribution < -0.4 is 21.3 Å². The van der Waals surface area contributed by atoms with Crippen LogP contribution in [0.3, 0.4) is 0 Å². The Morgan fingerprint density at radius 3 is 2.15 bits per heavy atom. The lowest BCUT2D eigenvalue weighted by Crippen LogP contribution is -2.33. The van der Waals surface area contributed by atoms with Crippen molar-refractivity contribution in [3.8, 4) is 0 Å². The van der Waals surface area contributed by atoms with Crippen molar-refractivity contribution in [1.82, 2.24) is 20.2 Å². The van der Waals surface area contributed by atoms with Gasteiger partial charge in [-0.25, -0.2) is 9.97 Å². The first-order valence-corrected chi connectivity index (χ1v) is 14.7. The molecule has 1 fully saturated rings. The summed E-state index contributed by atoms with van der Waals surface area (Å²) in [5, 5.41) is 11.2. The van der Waals surface area contributed by atoms with Gasteiger partial charge in [-0.2, -0.15) is 13.2 Å². The fraction of sp³-hybridized carbons (Fsp3) is 0.242. The minimum atomic E-state index is -4.58. The lowest BCUT2D eigenvalue weighted by molar-refractivity contribution is -0.137. The van der Waals surface area contributed by atoms with Crippen molar-refractivity contribution in [2.75, 3.05) is 42.1 Å². The van der Waals surface area contributed by atoms with Crippen LogP contribution in [0, 0.1) is 6.92 Å². The summed E-state index contributed by atoms with van der Waals surface area (Å²) in [4.78, 5) is 48.9. The van der Waals surface area contributed by atoms with Gasteiger partial charge in [-0.1, -0.05) is 12.1 Å². The highest BCUT2D eigenvalue weighted by atomic mass is 19.4. The minimum absolute atomic E-state index is 0.138. The molecule has 0 radical (unpaired) electrons. The quantitative estimate of drug-likeness (QED) is 0.172. The first kappa shape index (κ1) is 32.1. The third-order valence-corrected chi connectivity index (χ3v) is 7.42. The minimum Gasteiger partial charge on any atom is -0.351 e. The van der Waals surface area contributed by atoms with Gasteiger partial charge in [-0.05, 0) is 93.0 Å². The molecule has 0 saturated carbocycles. The maximum Gasteiger partial charge on any atom is 0.416 e. The van der Waals surface area contributed by atoms with E-state index in [0.717, 1.165) is 37.8 Å². The van der Waals surface area contributed by atoms with E-state index in [9.17, 15) is 27.6 Å². The van der Waals surface area contributed by atoms with E-state index in [0.29, 0.717) is 29.0 Å². The van der Waals surface area contributed by atoms with Gasteiger partial charge in [0.2, 0.25) is 5.95 Å². The Morgan fingerprint density at radius 2 is 1.46 bits per heavy atom. The normalized spacial score (nSPS) is 13.2. The van der Waals surface area contributed by atoms with Crippen molar-refractivity contribution >= 4 is 40.7 Å². The summed E-state index contributed by atoms with van der Waals surface area (Å²) >= 11 is 0. The summed E-state index contributed by atoms with van der Waals surface area (Å²) in [6, 6.07) is 15.6. The van der Waals surface area contributed by atoms with E-state index in [1.165, 1.54) is 37.4 Å². The van der Waals surface area contributed by atoms with Gasteiger partial charge >= 0.3 is 6.18 Å². The molecule has 0 aliphatic carbocycles. The molecule has 0 bridgehead atoms. The standard InChI is InChI=1S/C33H32F3N7O3/c1-21-7-10-26(40-30(45)23-5-4-6-24(17-23)33(34,35)36)18-28(21)31(46)41-27-19-38-32(39-20-27)42-25-11-8-22(9-12-25)29(44)37-13-16-43-14-2-3-15-43/h4-12,17-20H,2-3,13-16H2,1H3,(H,37,44)(H,40,45)(H,41,46)(H,38,39,42). The third-order valence-electron chi connectivity index (χ3n) is 7.42. The maximum absolute atomic E-state index is 13.0. The lowest BCUT2D eigenvalue weighted by atomic mass is 10.1. The second kappa shape index (κ2) is 14.2. The number of hydrogen-bond donors (Lipinski definition) is 4. The smallest absolute Gasteiger partial charge is 0.351 e. The molecule has 1 aromatic heterocycles. The highest BCUT2D eigenvalue weighted by molar-refractivity contribution is 6.08. The lowest BCUT2D eigenvalue weighted by Gasteiger charge is -2.14. The van der Waals surface area contributed by atoms with Crippen LogP contribution in [0.4, 0.5) is 36.2 Å². The fourth-order valence-electron chi connectivity index (χ4n) is 4.91. The first-order valence-electron chi connectivity index (χ1n) is 14.7. The number of aromatic nitrogens is 2. The van der Waals surface area contributed by atoms with Gasteiger partial charge in [-0.15, -0.1) is 0 Å². The monoisotopic (exact) mass is 631 g/mol. The summed E-state index contributed by atoms with van der Waals surface area (Å²) in [5.41, 5.74) is 1.51. The van der Waals surface area contributed by atoms with E-state index in [1.807, 2.05) is 0 Å². The van der Waals surface area contributed by atoms with Crippen LogP contribution in [0.2, 0.25) is 0 Å². The van der Waals surface area contributed by atoms with Crippen LogP contribution in [0.5, 0.6) is 0 Å². The SMILES string of the molecule is Cc1ccc(NC(=O)c2cccc(C(F)(F)F)c2)cc1C(=O)Nc1cnc(Nc2ccc(C(=O)NCCN3CCCC3)cc2)nc1. The van der Waals surface area contributed by atoms with Gasteiger partial charge in [-0.3, -0.25) is 14.4 Å². The van der Waals surface area contributed by atoms with Gasteiger partial charge in [0.05, 0.1) is 23.6 Å². The van der Waals surface area contributed by atoms with E-state index < -0.39 is 23.6 Å². The van der Waals surface area contributed by atoms with Crippen molar-refractivity contribution in [3.63, 3.8) is 0 Å². The van der Waals surface area contributed by atoms with Gasteiger partial charge in [0.1, 0.15) is 0 Å². The zero-order chi connectivity index (χ0) is 32.7. The second-order valence-electron chi connectivity index (χ2n) is 10.8. The Bertz CT molecular complexity index is 1710. The van der Waals surface area contributed by atoms with Crippen LogP contribution in [0.15, 0.2) is 79.1 Å². The summed E-state index contributed by atoms with van der Waals surface area (Å²) in [6.07, 6.45) is 0.674. The number of carbonyl (C=O) groups excluding carboxylic acids is 3. The van der Waals surface area contributed by atoms with Crippen molar-refractivity contribution in [1.29, 1.82) is 0 Å². The second-order valence-corrected chi connectivity index (χ2v) is 10.8. The molecule has 1 saturated heterocycles. The summed E-state index contributed by atoms with van der Waals surface area (Å²) in [6.45, 7) is 5.31. The van der Waals surface area contributed by atoms with Crippen molar-refractivity contribution in [2.45, 2.75) is 25.9 Å². The molecule has 0 atom stereocenters. The zero-order valence-corrected chi connectivity index (χ0v) is 24.9. The largest absolute Gasteiger partial charge is 0.416 e. The van der Waals surface area contributed by atoms with E-state index in [-0.39, 0.29) is 28.7 Å².